The van der Waals surface area contributed by atoms with Crippen LogP contribution in [0.3, 0.4) is 0 Å². The molecule has 0 aromatic rings. The summed E-state index contributed by atoms with van der Waals surface area (Å²) in [5, 5.41) is 3.22. The first-order valence-electron chi connectivity index (χ1n) is 6.90. The standard InChI is InChI=1S/C13H26N2O/c1-14-10-13-11-15(8-9-16-13)12-6-4-2-3-5-7-12/h12-14H,2-11H2,1H3. The van der Waals surface area contributed by atoms with Crippen molar-refractivity contribution in [3.63, 3.8) is 0 Å². The maximum atomic E-state index is 5.77. The van der Waals surface area contributed by atoms with Crippen LogP contribution < -0.4 is 5.32 Å². The number of nitrogens with zero attached hydrogens (tertiary/aromatic N) is 1. The third-order valence-corrected chi connectivity index (χ3v) is 3.94. The third-order valence-electron chi connectivity index (χ3n) is 3.94. The van der Waals surface area contributed by atoms with Gasteiger partial charge in [-0.15, -0.1) is 0 Å². The van der Waals surface area contributed by atoms with Crippen LogP contribution in [0.5, 0.6) is 0 Å². The van der Waals surface area contributed by atoms with E-state index in [-0.39, 0.29) is 0 Å². The zero-order valence-electron chi connectivity index (χ0n) is 10.6. The number of morpholine rings is 1. The second-order valence-corrected chi connectivity index (χ2v) is 5.19. The average Bonchev–Trinajstić information content (AvgIpc) is 2.58. The Morgan fingerprint density at radius 1 is 1.19 bits per heavy atom. The molecule has 2 fully saturated rings. The summed E-state index contributed by atoms with van der Waals surface area (Å²) in [4.78, 5) is 2.68. The van der Waals surface area contributed by atoms with E-state index in [1.54, 1.807) is 0 Å². The van der Waals surface area contributed by atoms with E-state index in [0.717, 1.165) is 32.3 Å². The maximum absolute atomic E-state index is 5.77. The molecule has 1 aliphatic carbocycles. The third kappa shape index (κ3) is 3.44. The molecule has 2 rings (SSSR count). The van der Waals surface area contributed by atoms with Gasteiger partial charge in [0.25, 0.3) is 0 Å². The van der Waals surface area contributed by atoms with Crippen LogP contribution in [0.4, 0.5) is 0 Å². The molecule has 1 atom stereocenters. The van der Waals surface area contributed by atoms with Gasteiger partial charge in [-0.2, -0.15) is 0 Å². The van der Waals surface area contributed by atoms with Crippen LogP contribution in [0.2, 0.25) is 0 Å². The smallest absolute Gasteiger partial charge is 0.0826 e. The average molecular weight is 226 g/mol. The zero-order chi connectivity index (χ0) is 11.2. The van der Waals surface area contributed by atoms with Crippen molar-refractivity contribution in [1.29, 1.82) is 0 Å². The molecule has 1 aliphatic heterocycles. The number of rotatable bonds is 3. The predicted molar refractivity (Wildman–Crippen MR) is 66.7 cm³/mol. The van der Waals surface area contributed by atoms with E-state index in [4.69, 9.17) is 4.74 Å². The molecule has 1 saturated carbocycles. The number of hydrogen-bond acceptors (Lipinski definition) is 3. The first-order chi connectivity index (χ1) is 7.90. The van der Waals surface area contributed by atoms with Crippen LogP contribution in [-0.2, 0) is 4.74 Å². The zero-order valence-corrected chi connectivity index (χ0v) is 10.6. The monoisotopic (exact) mass is 226 g/mol. The highest BCUT2D eigenvalue weighted by molar-refractivity contribution is 4.80. The molecular weight excluding hydrogens is 200 g/mol. The van der Waals surface area contributed by atoms with Crippen LogP contribution in [0.15, 0.2) is 0 Å². The normalized spacial score (nSPS) is 30.2. The summed E-state index contributed by atoms with van der Waals surface area (Å²) in [6, 6.07) is 0.839. The summed E-state index contributed by atoms with van der Waals surface area (Å²) in [7, 11) is 2.01. The molecular formula is C13H26N2O. The Hall–Kier alpha value is -0.120. The minimum atomic E-state index is 0.405. The molecule has 0 spiro atoms. The number of nitrogens with one attached hydrogen (secondary N) is 1. The Bertz CT molecular complexity index is 188. The molecule has 1 N–H and O–H groups in total. The molecule has 0 aromatic heterocycles. The number of likely N-dealkylation sites (N-methyl/N-ethyl adjacent to an activating group) is 1. The van der Waals surface area contributed by atoms with Crippen LogP contribution >= 0.6 is 0 Å². The molecule has 16 heavy (non-hydrogen) atoms. The van der Waals surface area contributed by atoms with Crippen molar-refractivity contribution in [2.75, 3.05) is 33.3 Å². The molecule has 0 amide bonds. The molecule has 1 heterocycles. The lowest BCUT2D eigenvalue weighted by atomic mass is 10.1. The quantitative estimate of drug-likeness (QED) is 0.740. The lowest BCUT2D eigenvalue weighted by Gasteiger charge is -2.38. The maximum Gasteiger partial charge on any atom is 0.0826 e. The van der Waals surface area contributed by atoms with Crippen molar-refractivity contribution in [3.8, 4) is 0 Å². The van der Waals surface area contributed by atoms with Crippen LogP contribution in [0.25, 0.3) is 0 Å². The fourth-order valence-corrected chi connectivity index (χ4v) is 3.05. The second-order valence-electron chi connectivity index (χ2n) is 5.19. The van der Waals surface area contributed by atoms with Gasteiger partial charge in [-0.1, -0.05) is 25.7 Å². The van der Waals surface area contributed by atoms with Gasteiger partial charge in [-0.05, 0) is 19.9 Å². The Morgan fingerprint density at radius 3 is 2.62 bits per heavy atom. The molecule has 3 heteroatoms. The van der Waals surface area contributed by atoms with Crippen molar-refractivity contribution < 1.29 is 4.74 Å². The lowest BCUT2D eigenvalue weighted by Crippen LogP contribution is -2.50. The second kappa shape index (κ2) is 6.58. The molecule has 3 nitrogen and oxygen atoms in total. The van der Waals surface area contributed by atoms with Crippen LogP contribution in [0.1, 0.15) is 38.5 Å². The molecule has 0 bridgehead atoms. The summed E-state index contributed by atoms with van der Waals surface area (Å²) in [5.74, 6) is 0. The Balaban J connectivity index is 1.82. The van der Waals surface area contributed by atoms with Gasteiger partial charge in [-0.3, -0.25) is 4.90 Å². The first kappa shape index (κ1) is 12.3. The van der Waals surface area contributed by atoms with Crippen LogP contribution in [0, 0.1) is 0 Å². The van der Waals surface area contributed by atoms with Crippen molar-refractivity contribution >= 4 is 0 Å². The van der Waals surface area contributed by atoms with Gasteiger partial charge in [-0.25, -0.2) is 0 Å². The largest absolute Gasteiger partial charge is 0.374 e. The molecule has 94 valence electrons. The van der Waals surface area contributed by atoms with Crippen molar-refractivity contribution in [1.82, 2.24) is 10.2 Å². The molecule has 1 unspecified atom stereocenters. The summed E-state index contributed by atoms with van der Waals surface area (Å²) >= 11 is 0. The van der Waals surface area contributed by atoms with Gasteiger partial charge in [0.15, 0.2) is 0 Å². The Morgan fingerprint density at radius 2 is 1.94 bits per heavy atom. The lowest BCUT2D eigenvalue weighted by molar-refractivity contribution is -0.0432. The summed E-state index contributed by atoms with van der Waals surface area (Å²) in [6.45, 7) is 4.18. The minimum absolute atomic E-state index is 0.405. The minimum Gasteiger partial charge on any atom is -0.374 e. The van der Waals surface area contributed by atoms with Gasteiger partial charge in [0.1, 0.15) is 0 Å². The Labute approximate surface area is 99.5 Å². The predicted octanol–water partition coefficient (Wildman–Crippen LogP) is 1.63. The van der Waals surface area contributed by atoms with E-state index in [2.05, 4.69) is 10.2 Å². The fraction of sp³-hybridized carbons (Fsp3) is 1.00. The van der Waals surface area contributed by atoms with Crippen molar-refractivity contribution in [2.45, 2.75) is 50.7 Å². The molecule has 0 aromatic carbocycles. The van der Waals surface area contributed by atoms with E-state index < -0.39 is 0 Å². The number of ether oxygens (including phenoxy) is 1. The Kier molecular flexibility index (Phi) is 5.07. The molecule has 0 radical (unpaired) electrons. The van der Waals surface area contributed by atoms with E-state index in [9.17, 15) is 0 Å². The van der Waals surface area contributed by atoms with E-state index in [1.165, 1.54) is 38.5 Å². The van der Waals surface area contributed by atoms with E-state index >= 15 is 0 Å². The van der Waals surface area contributed by atoms with Gasteiger partial charge in [0.2, 0.25) is 0 Å². The SMILES string of the molecule is CNCC1CN(C2CCCCCC2)CCO1. The molecule has 2 aliphatic rings. The highest BCUT2D eigenvalue weighted by Gasteiger charge is 2.26. The summed E-state index contributed by atoms with van der Waals surface area (Å²) < 4.78 is 5.77. The summed E-state index contributed by atoms with van der Waals surface area (Å²) in [5.41, 5.74) is 0. The van der Waals surface area contributed by atoms with Gasteiger partial charge in [0, 0.05) is 25.7 Å². The van der Waals surface area contributed by atoms with E-state index in [1.807, 2.05) is 7.05 Å². The fourth-order valence-electron chi connectivity index (χ4n) is 3.05. The topological polar surface area (TPSA) is 24.5 Å². The van der Waals surface area contributed by atoms with Crippen LogP contribution in [-0.4, -0.2) is 50.3 Å². The van der Waals surface area contributed by atoms with Gasteiger partial charge in [0.05, 0.1) is 12.7 Å². The van der Waals surface area contributed by atoms with Crippen molar-refractivity contribution in [2.24, 2.45) is 0 Å². The highest BCUT2D eigenvalue weighted by atomic mass is 16.5. The summed E-state index contributed by atoms with van der Waals surface area (Å²) in [6.07, 6.45) is 8.97. The first-order valence-corrected chi connectivity index (χ1v) is 6.90. The van der Waals surface area contributed by atoms with Gasteiger partial charge >= 0.3 is 0 Å². The molecule has 1 saturated heterocycles. The highest BCUT2D eigenvalue weighted by Crippen LogP contribution is 2.23. The number of hydrogen-bond donors (Lipinski definition) is 1. The van der Waals surface area contributed by atoms with Crippen molar-refractivity contribution in [3.05, 3.63) is 0 Å². The van der Waals surface area contributed by atoms with E-state index in [0.29, 0.717) is 6.10 Å². The van der Waals surface area contributed by atoms with Gasteiger partial charge < -0.3 is 10.1 Å².